The number of benzene rings is 1. The van der Waals surface area contributed by atoms with E-state index in [-0.39, 0.29) is 11.3 Å². The van der Waals surface area contributed by atoms with Crippen LogP contribution in [0.4, 0.5) is 5.69 Å². The molecule has 1 aromatic carbocycles. The highest BCUT2D eigenvalue weighted by Crippen LogP contribution is 2.30. The van der Waals surface area contributed by atoms with E-state index < -0.39 is 4.92 Å². The van der Waals surface area contributed by atoms with Gasteiger partial charge in [-0.15, -0.1) is 0 Å². The highest BCUT2D eigenvalue weighted by atomic mass is 16.6. The molecule has 2 rings (SSSR count). The molecule has 0 amide bonds. The Labute approximate surface area is 92.4 Å². The number of hydrogen-bond acceptors (Lipinski definition) is 4. The smallest absolute Gasteiger partial charge is 0.290 e. The van der Waals surface area contributed by atoms with E-state index >= 15 is 0 Å². The van der Waals surface area contributed by atoms with Gasteiger partial charge in [-0.3, -0.25) is 10.1 Å². The van der Waals surface area contributed by atoms with Gasteiger partial charge in [0.15, 0.2) is 0 Å². The fourth-order valence-corrected chi connectivity index (χ4v) is 1.35. The van der Waals surface area contributed by atoms with Crippen molar-refractivity contribution in [1.29, 1.82) is 5.26 Å². The Kier molecular flexibility index (Phi) is 2.73. The van der Waals surface area contributed by atoms with Gasteiger partial charge in [-0.2, -0.15) is 5.26 Å². The van der Waals surface area contributed by atoms with Crippen LogP contribution in [0.25, 0.3) is 0 Å². The number of hydrogen-bond donors (Lipinski definition) is 0. The summed E-state index contributed by atoms with van der Waals surface area (Å²) >= 11 is 0. The molecule has 5 heteroatoms. The second-order valence-corrected chi connectivity index (χ2v) is 3.80. The molecule has 0 aromatic heterocycles. The number of rotatable bonds is 4. The van der Waals surface area contributed by atoms with Gasteiger partial charge in [-0.05, 0) is 30.9 Å². The van der Waals surface area contributed by atoms with E-state index in [9.17, 15) is 10.1 Å². The molecule has 0 spiro atoms. The molecule has 82 valence electrons. The van der Waals surface area contributed by atoms with Crippen LogP contribution in [0.1, 0.15) is 18.4 Å². The van der Waals surface area contributed by atoms with Gasteiger partial charge in [0.25, 0.3) is 5.69 Å². The normalized spacial score (nSPS) is 14.2. The molecule has 0 unspecified atom stereocenters. The second kappa shape index (κ2) is 4.19. The molecule has 0 heterocycles. The fraction of sp³-hybridized carbons (Fsp3) is 0.364. The van der Waals surface area contributed by atoms with Gasteiger partial charge in [-0.1, -0.05) is 0 Å². The first-order valence-corrected chi connectivity index (χ1v) is 5.02. The van der Waals surface area contributed by atoms with Crippen LogP contribution < -0.4 is 4.74 Å². The molecule has 5 nitrogen and oxygen atoms in total. The van der Waals surface area contributed by atoms with E-state index in [1.807, 2.05) is 0 Å². The van der Waals surface area contributed by atoms with Crippen LogP contribution in [0.5, 0.6) is 5.75 Å². The van der Waals surface area contributed by atoms with Gasteiger partial charge < -0.3 is 4.74 Å². The number of nitro groups is 1. The van der Waals surface area contributed by atoms with E-state index in [4.69, 9.17) is 10.00 Å². The van der Waals surface area contributed by atoms with Crippen molar-refractivity contribution in [3.05, 3.63) is 33.9 Å². The molecule has 0 aliphatic heterocycles. The molecule has 1 aliphatic rings. The van der Waals surface area contributed by atoms with Crippen LogP contribution in [-0.4, -0.2) is 11.5 Å². The summed E-state index contributed by atoms with van der Waals surface area (Å²) < 4.78 is 5.41. The molecule has 1 saturated carbocycles. The van der Waals surface area contributed by atoms with Crippen LogP contribution in [-0.2, 0) is 0 Å². The molecular formula is C11H10N2O3. The summed E-state index contributed by atoms with van der Waals surface area (Å²) in [7, 11) is 0. The van der Waals surface area contributed by atoms with E-state index in [0.29, 0.717) is 18.3 Å². The van der Waals surface area contributed by atoms with Crippen molar-refractivity contribution in [2.24, 2.45) is 5.92 Å². The lowest BCUT2D eigenvalue weighted by Crippen LogP contribution is -2.00. The molecule has 0 radical (unpaired) electrons. The Balaban J connectivity index is 2.17. The summed E-state index contributed by atoms with van der Waals surface area (Å²) in [6.07, 6.45) is 2.33. The highest BCUT2D eigenvalue weighted by molar-refractivity contribution is 5.52. The average molecular weight is 218 g/mol. The summed E-state index contributed by atoms with van der Waals surface area (Å²) in [5.74, 6) is 1.05. The Bertz CT molecular complexity index is 461. The Morgan fingerprint density at radius 2 is 2.31 bits per heavy atom. The third-order valence-electron chi connectivity index (χ3n) is 2.47. The van der Waals surface area contributed by atoms with Gasteiger partial charge >= 0.3 is 0 Å². The van der Waals surface area contributed by atoms with Crippen molar-refractivity contribution in [2.75, 3.05) is 6.61 Å². The minimum Gasteiger partial charge on any atom is -0.493 e. The lowest BCUT2D eigenvalue weighted by molar-refractivity contribution is -0.385. The average Bonchev–Trinajstić information content (AvgIpc) is 3.09. The van der Waals surface area contributed by atoms with Gasteiger partial charge in [0.2, 0.25) is 0 Å². The second-order valence-electron chi connectivity index (χ2n) is 3.80. The summed E-state index contributed by atoms with van der Waals surface area (Å²) in [5.41, 5.74) is -0.139. The molecule has 0 saturated heterocycles. The van der Waals surface area contributed by atoms with Crippen molar-refractivity contribution in [3.8, 4) is 11.8 Å². The zero-order valence-corrected chi connectivity index (χ0v) is 8.55. The Hall–Kier alpha value is -2.09. The van der Waals surface area contributed by atoms with E-state index in [0.717, 1.165) is 0 Å². The van der Waals surface area contributed by atoms with Gasteiger partial charge in [-0.25, -0.2) is 0 Å². The highest BCUT2D eigenvalue weighted by Gasteiger charge is 2.22. The summed E-state index contributed by atoms with van der Waals surface area (Å²) in [5, 5.41) is 19.4. The summed E-state index contributed by atoms with van der Waals surface area (Å²) in [6, 6.07) is 6.10. The minimum absolute atomic E-state index is 0.0590. The lowest BCUT2D eigenvalue weighted by Gasteiger charge is -2.04. The largest absolute Gasteiger partial charge is 0.493 e. The van der Waals surface area contributed by atoms with Crippen molar-refractivity contribution in [2.45, 2.75) is 12.8 Å². The predicted molar refractivity (Wildman–Crippen MR) is 56.0 cm³/mol. The van der Waals surface area contributed by atoms with Crippen LogP contribution in [0.15, 0.2) is 18.2 Å². The van der Waals surface area contributed by atoms with Gasteiger partial charge in [0.1, 0.15) is 17.4 Å². The molecule has 0 N–H and O–H groups in total. The molecule has 0 atom stereocenters. The first-order chi connectivity index (χ1) is 7.70. The quantitative estimate of drug-likeness (QED) is 0.573. The minimum atomic E-state index is -0.567. The third kappa shape index (κ3) is 2.28. The van der Waals surface area contributed by atoms with Gasteiger partial charge in [0, 0.05) is 0 Å². The zero-order valence-electron chi connectivity index (χ0n) is 8.55. The van der Waals surface area contributed by atoms with Gasteiger partial charge in [0.05, 0.1) is 17.6 Å². The Morgan fingerprint density at radius 1 is 1.56 bits per heavy atom. The zero-order chi connectivity index (χ0) is 11.5. The van der Waals surface area contributed by atoms with E-state index in [1.54, 1.807) is 12.1 Å². The topological polar surface area (TPSA) is 76.2 Å². The maximum Gasteiger partial charge on any atom is 0.290 e. The first-order valence-electron chi connectivity index (χ1n) is 5.02. The number of ether oxygens (including phenoxy) is 1. The molecule has 16 heavy (non-hydrogen) atoms. The Morgan fingerprint density at radius 3 is 2.88 bits per heavy atom. The monoisotopic (exact) mass is 218 g/mol. The predicted octanol–water partition coefficient (Wildman–Crippen LogP) is 2.26. The summed E-state index contributed by atoms with van der Waals surface area (Å²) in [6.45, 7) is 0.600. The van der Waals surface area contributed by atoms with Crippen LogP contribution >= 0.6 is 0 Å². The maximum absolute atomic E-state index is 10.7. The van der Waals surface area contributed by atoms with E-state index in [1.165, 1.54) is 25.0 Å². The maximum atomic E-state index is 10.7. The van der Waals surface area contributed by atoms with Crippen molar-refractivity contribution < 1.29 is 9.66 Å². The fourth-order valence-electron chi connectivity index (χ4n) is 1.35. The van der Waals surface area contributed by atoms with Crippen molar-refractivity contribution >= 4 is 5.69 Å². The molecule has 1 aromatic rings. The lowest BCUT2D eigenvalue weighted by atomic mass is 10.2. The number of nitrogens with zero attached hydrogens (tertiary/aromatic N) is 2. The van der Waals surface area contributed by atoms with Crippen molar-refractivity contribution in [3.63, 3.8) is 0 Å². The standard InChI is InChI=1S/C11H10N2O3/c12-6-9-3-4-10(5-11(9)13(14)15)16-7-8-1-2-8/h3-5,8H,1-2,7H2. The summed E-state index contributed by atoms with van der Waals surface area (Å²) in [4.78, 5) is 10.1. The molecule has 0 bridgehead atoms. The van der Waals surface area contributed by atoms with Crippen LogP contribution in [0, 0.1) is 27.4 Å². The van der Waals surface area contributed by atoms with E-state index in [2.05, 4.69) is 0 Å². The third-order valence-corrected chi connectivity index (χ3v) is 2.47. The molecular weight excluding hydrogens is 208 g/mol. The van der Waals surface area contributed by atoms with Crippen molar-refractivity contribution in [1.82, 2.24) is 0 Å². The molecule has 1 fully saturated rings. The number of nitriles is 1. The SMILES string of the molecule is N#Cc1ccc(OCC2CC2)cc1[N+](=O)[O-]. The number of nitro benzene ring substituents is 1. The van der Waals surface area contributed by atoms with Crippen LogP contribution in [0.3, 0.4) is 0 Å². The molecule has 1 aliphatic carbocycles. The first kappa shape index (κ1) is 10.4. The van der Waals surface area contributed by atoms with Crippen LogP contribution in [0.2, 0.25) is 0 Å².